The maximum atomic E-state index is 11.8. The van der Waals surface area contributed by atoms with Crippen LogP contribution in [0.15, 0.2) is 18.2 Å². The number of Topliss-reactive ketones (excluding diaryl/α,β-unsaturated/α-hetero) is 1. The first-order chi connectivity index (χ1) is 9.58. The van der Waals surface area contributed by atoms with Crippen LogP contribution in [-0.2, 0) is 0 Å². The lowest BCUT2D eigenvalue weighted by atomic mass is 10.0. The Hall–Kier alpha value is -1.86. The van der Waals surface area contributed by atoms with Crippen LogP contribution in [0.3, 0.4) is 0 Å². The maximum absolute atomic E-state index is 11.8. The first-order valence-corrected chi connectivity index (χ1v) is 7.01. The van der Waals surface area contributed by atoms with Crippen molar-refractivity contribution in [2.75, 3.05) is 18.1 Å². The van der Waals surface area contributed by atoms with E-state index >= 15 is 0 Å². The van der Waals surface area contributed by atoms with Crippen LogP contribution in [0, 0.1) is 11.3 Å². The summed E-state index contributed by atoms with van der Waals surface area (Å²) in [4.78, 5) is 13.8. The van der Waals surface area contributed by atoms with Gasteiger partial charge in [0.05, 0.1) is 18.2 Å². The molecular formula is C16H22N2O2. The van der Waals surface area contributed by atoms with Crippen LogP contribution in [-0.4, -0.2) is 30.1 Å². The molecule has 0 heterocycles. The minimum absolute atomic E-state index is 0.0185. The third-order valence-electron chi connectivity index (χ3n) is 3.54. The van der Waals surface area contributed by atoms with Crippen molar-refractivity contribution in [1.29, 1.82) is 5.26 Å². The van der Waals surface area contributed by atoms with Crippen molar-refractivity contribution in [3.8, 4) is 6.07 Å². The molecule has 0 aliphatic carbocycles. The summed E-state index contributed by atoms with van der Waals surface area (Å²) < 4.78 is 0. The number of aliphatic hydroxyl groups is 1. The summed E-state index contributed by atoms with van der Waals surface area (Å²) in [5, 5.41) is 18.4. The van der Waals surface area contributed by atoms with Gasteiger partial charge in [-0.15, -0.1) is 0 Å². The highest BCUT2D eigenvalue weighted by atomic mass is 16.3. The Kier molecular flexibility index (Phi) is 6.20. The van der Waals surface area contributed by atoms with Crippen LogP contribution in [0.25, 0.3) is 0 Å². The normalized spacial score (nSPS) is 10.4. The van der Waals surface area contributed by atoms with Crippen molar-refractivity contribution in [3.05, 3.63) is 29.3 Å². The number of aliphatic hydroxyl groups excluding tert-OH is 1. The molecule has 4 nitrogen and oxygen atoms in total. The molecule has 20 heavy (non-hydrogen) atoms. The highest BCUT2D eigenvalue weighted by Crippen LogP contribution is 2.26. The molecule has 108 valence electrons. The Balaban J connectivity index is 3.36. The number of rotatable bonds is 7. The van der Waals surface area contributed by atoms with Gasteiger partial charge >= 0.3 is 0 Å². The van der Waals surface area contributed by atoms with Gasteiger partial charge < -0.3 is 10.0 Å². The van der Waals surface area contributed by atoms with Gasteiger partial charge in [0.1, 0.15) is 0 Å². The average molecular weight is 274 g/mol. The summed E-state index contributed by atoms with van der Waals surface area (Å²) in [6.07, 6.45) is 1.84. The Labute approximate surface area is 120 Å². The molecule has 4 heteroatoms. The number of benzene rings is 1. The van der Waals surface area contributed by atoms with E-state index in [2.05, 4.69) is 19.9 Å². The number of carbonyl (C=O) groups excluding carboxylic acids is 1. The van der Waals surface area contributed by atoms with E-state index in [4.69, 9.17) is 5.26 Å². The van der Waals surface area contributed by atoms with Gasteiger partial charge in [0.15, 0.2) is 5.78 Å². The fourth-order valence-electron chi connectivity index (χ4n) is 2.47. The quantitative estimate of drug-likeness (QED) is 0.776. The second kappa shape index (κ2) is 7.66. The Morgan fingerprint density at radius 1 is 1.40 bits per heavy atom. The lowest BCUT2D eigenvalue weighted by molar-refractivity contribution is 0.101. The van der Waals surface area contributed by atoms with Gasteiger partial charge in [-0.1, -0.05) is 13.8 Å². The number of carbonyl (C=O) groups is 1. The first kappa shape index (κ1) is 16.2. The van der Waals surface area contributed by atoms with E-state index in [9.17, 15) is 9.90 Å². The zero-order valence-electron chi connectivity index (χ0n) is 12.4. The zero-order valence-corrected chi connectivity index (χ0v) is 12.4. The molecule has 0 amide bonds. The Bertz CT molecular complexity index is 502. The highest BCUT2D eigenvalue weighted by molar-refractivity contribution is 6.00. The van der Waals surface area contributed by atoms with Crippen LogP contribution in [0.1, 0.15) is 49.5 Å². The van der Waals surface area contributed by atoms with Crippen molar-refractivity contribution >= 4 is 11.5 Å². The molecule has 1 N–H and O–H groups in total. The van der Waals surface area contributed by atoms with Crippen LogP contribution in [0.5, 0.6) is 0 Å². The number of nitrogens with zero attached hydrogens (tertiary/aromatic N) is 2. The maximum Gasteiger partial charge on any atom is 0.161 e. The number of hydrogen-bond donors (Lipinski definition) is 1. The summed E-state index contributed by atoms with van der Waals surface area (Å²) in [5.74, 6) is -0.0293. The second-order valence-corrected chi connectivity index (χ2v) is 4.79. The van der Waals surface area contributed by atoms with Crippen LogP contribution in [0.4, 0.5) is 5.69 Å². The van der Waals surface area contributed by atoms with Gasteiger partial charge in [0.25, 0.3) is 0 Å². The number of hydrogen-bond acceptors (Lipinski definition) is 4. The topological polar surface area (TPSA) is 64.3 Å². The fourth-order valence-corrected chi connectivity index (χ4v) is 2.47. The molecule has 1 aromatic rings. The van der Waals surface area contributed by atoms with E-state index in [-0.39, 0.29) is 18.4 Å². The minimum Gasteiger partial charge on any atom is -0.395 e. The van der Waals surface area contributed by atoms with Crippen molar-refractivity contribution in [1.82, 2.24) is 0 Å². The van der Waals surface area contributed by atoms with Gasteiger partial charge in [-0.25, -0.2) is 0 Å². The van der Waals surface area contributed by atoms with E-state index in [0.29, 0.717) is 17.7 Å². The summed E-state index contributed by atoms with van der Waals surface area (Å²) >= 11 is 0. The van der Waals surface area contributed by atoms with Crippen molar-refractivity contribution < 1.29 is 9.90 Å². The Morgan fingerprint density at radius 2 is 2.05 bits per heavy atom. The first-order valence-electron chi connectivity index (χ1n) is 7.01. The van der Waals surface area contributed by atoms with Gasteiger partial charge in [-0.3, -0.25) is 4.79 Å². The van der Waals surface area contributed by atoms with Crippen molar-refractivity contribution in [2.45, 2.75) is 39.7 Å². The van der Waals surface area contributed by atoms with Crippen LogP contribution < -0.4 is 4.90 Å². The van der Waals surface area contributed by atoms with Gasteiger partial charge in [-0.05, 0) is 38.0 Å². The molecule has 0 saturated carbocycles. The molecule has 1 aromatic carbocycles. The Morgan fingerprint density at radius 3 is 2.50 bits per heavy atom. The SMILES string of the molecule is CCC(CC)N(CCO)c1cc(C#N)ccc1C(C)=O. The lowest BCUT2D eigenvalue weighted by Crippen LogP contribution is -2.37. The minimum atomic E-state index is -0.0293. The molecule has 0 fully saturated rings. The summed E-state index contributed by atoms with van der Waals surface area (Å²) in [7, 11) is 0. The molecular weight excluding hydrogens is 252 g/mol. The van der Waals surface area contributed by atoms with E-state index < -0.39 is 0 Å². The molecule has 0 radical (unpaired) electrons. The number of ketones is 1. The van der Waals surface area contributed by atoms with E-state index in [1.165, 1.54) is 6.92 Å². The average Bonchev–Trinajstić information content (AvgIpc) is 2.46. The van der Waals surface area contributed by atoms with E-state index in [1.807, 2.05) is 4.90 Å². The lowest BCUT2D eigenvalue weighted by Gasteiger charge is -2.33. The fraction of sp³-hybridized carbons (Fsp3) is 0.500. The van der Waals surface area contributed by atoms with Gasteiger partial charge in [0.2, 0.25) is 0 Å². The highest BCUT2D eigenvalue weighted by Gasteiger charge is 2.20. The molecule has 0 aliphatic rings. The predicted molar refractivity (Wildman–Crippen MR) is 80.0 cm³/mol. The summed E-state index contributed by atoms with van der Waals surface area (Å²) in [5.41, 5.74) is 1.88. The third kappa shape index (κ3) is 3.58. The number of nitriles is 1. The van der Waals surface area contributed by atoms with Crippen LogP contribution >= 0.6 is 0 Å². The standard InChI is InChI=1S/C16H22N2O2/c1-4-14(5-2)18(8-9-19)16-10-13(11-17)6-7-15(16)12(3)20/h6-7,10,14,19H,4-5,8-9H2,1-3H3. The largest absolute Gasteiger partial charge is 0.395 e. The van der Waals surface area contributed by atoms with Gasteiger partial charge in [-0.2, -0.15) is 5.26 Å². The predicted octanol–water partition coefficient (Wildman–Crippen LogP) is 2.75. The number of anilines is 1. The third-order valence-corrected chi connectivity index (χ3v) is 3.54. The molecule has 0 unspecified atom stereocenters. The molecule has 0 spiro atoms. The summed E-state index contributed by atoms with van der Waals surface area (Å²) in [6, 6.07) is 7.44. The van der Waals surface area contributed by atoms with Crippen molar-refractivity contribution in [2.24, 2.45) is 0 Å². The van der Waals surface area contributed by atoms with Crippen LogP contribution in [0.2, 0.25) is 0 Å². The zero-order chi connectivity index (χ0) is 15.1. The van der Waals surface area contributed by atoms with Crippen molar-refractivity contribution in [3.63, 3.8) is 0 Å². The molecule has 0 saturated heterocycles. The molecule has 0 atom stereocenters. The molecule has 1 rings (SSSR count). The van der Waals surface area contributed by atoms with E-state index in [0.717, 1.165) is 18.5 Å². The van der Waals surface area contributed by atoms with Gasteiger partial charge in [0, 0.05) is 23.8 Å². The second-order valence-electron chi connectivity index (χ2n) is 4.79. The monoisotopic (exact) mass is 274 g/mol. The molecule has 0 aliphatic heterocycles. The molecule has 0 bridgehead atoms. The smallest absolute Gasteiger partial charge is 0.161 e. The molecule has 0 aromatic heterocycles. The summed E-state index contributed by atoms with van der Waals surface area (Å²) in [6.45, 7) is 6.17. The van der Waals surface area contributed by atoms with E-state index in [1.54, 1.807) is 18.2 Å².